The van der Waals surface area contributed by atoms with Gasteiger partial charge in [-0.2, -0.15) is 10.2 Å². The van der Waals surface area contributed by atoms with Gasteiger partial charge in [-0.1, -0.05) is 0 Å². The summed E-state index contributed by atoms with van der Waals surface area (Å²) in [5.74, 6) is 0. The summed E-state index contributed by atoms with van der Waals surface area (Å²) in [6, 6.07) is 2.21. The van der Waals surface area contributed by atoms with Crippen LogP contribution < -0.4 is 0 Å². The molecule has 0 atom stereocenters. The maximum absolute atomic E-state index is 4.57. The molecule has 0 aliphatic rings. The first kappa shape index (κ1) is 20.1. The van der Waals surface area contributed by atoms with Crippen molar-refractivity contribution in [1.82, 2.24) is 19.2 Å². The highest BCUT2D eigenvalue weighted by Crippen LogP contribution is 2.23. The molecule has 0 bridgehead atoms. The van der Waals surface area contributed by atoms with Crippen LogP contribution >= 0.6 is 0 Å². The molecular formula is C24H32N4. The number of rotatable bonds is 0. The zero-order valence-corrected chi connectivity index (χ0v) is 18.9. The van der Waals surface area contributed by atoms with Gasteiger partial charge in [0.25, 0.3) is 0 Å². The summed E-state index contributed by atoms with van der Waals surface area (Å²) < 4.78 is 4.05. The molecule has 0 aliphatic carbocycles. The van der Waals surface area contributed by atoms with E-state index in [1.54, 1.807) is 0 Å². The van der Waals surface area contributed by atoms with Gasteiger partial charge in [0.15, 0.2) is 0 Å². The maximum atomic E-state index is 4.57. The van der Waals surface area contributed by atoms with E-state index in [2.05, 4.69) is 91.7 Å². The predicted octanol–water partition coefficient (Wildman–Crippen LogP) is 5.75. The highest BCUT2D eigenvalue weighted by molar-refractivity contribution is 5.65. The number of aromatic nitrogens is 4. The molecule has 0 aliphatic heterocycles. The van der Waals surface area contributed by atoms with E-state index in [1.807, 2.05) is 9.03 Å². The predicted molar refractivity (Wildman–Crippen MR) is 118 cm³/mol. The van der Waals surface area contributed by atoms with E-state index in [0.717, 1.165) is 11.4 Å². The van der Waals surface area contributed by atoms with Crippen molar-refractivity contribution in [1.29, 1.82) is 0 Å². The Morgan fingerprint density at radius 3 is 1.82 bits per heavy atom. The number of hydrogen-bond donors (Lipinski definition) is 0. The second-order valence-corrected chi connectivity index (χ2v) is 8.11. The summed E-state index contributed by atoms with van der Waals surface area (Å²) in [7, 11) is 0. The SMILES string of the molecule is Cc1cc2c(C)c(C)c(C)nn2c1C.Cc1cn2nc(C)c(C)c(C)c2c1C. The Morgan fingerprint density at radius 1 is 0.607 bits per heavy atom. The smallest absolute Gasteiger partial charge is 0.0710 e. The van der Waals surface area contributed by atoms with Crippen LogP contribution in [0.2, 0.25) is 0 Å². The van der Waals surface area contributed by atoms with Gasteiger partial charge < -0.3 is 0 Å². The van der Waals surface area contributed by atoms with Crippen LogP contribution in [0.5, 0.6) is 0 Å². The highest BCUT2D eigenvalue weighted by Gasteiger charge is 2.11. The monoisotopic (exact) mass is 376 g/mol. The molecule has 0 aromatic carbocycles. The van der Waals surface area contributed by atoms with Crippen LogP contribution in [0.15, 0.2) is 12.3 Å². The number of aryl methyl sites for hydroxylation is 8. The molecule has 0 fully saturated rings. The van der Waals surface area contributed by atoms with Crippen molar-refractivity contribution in [2.45, 2.75) is 69.2 Å². The Bertz CT molecular complexity index is 1210. The zero-order chi connectivity index (χ0) is 20.9. The molecule has 0 N–H and O–H groups in total. The largest absolute Gasteiger partial charge is 0.240 e. The van der Waals surface area contributed by atoms with Crippen molar-refractivity contribution < 1.29 is 0 Å². The topological polar surface area (TPSA) is 34.6 Å². The van der Waals surface area contributed by atoms with Crippen molar-refractivity contribution in [3.05, 3.63) is 68.3 Å². The molecular weight excluding hydrogens is 344 g/mol. The van der Waals surface area contributed by atoms with Crippen LogP contribution in [0.25, 0.3) is 11.0 Å². The third kappa shape index (κ3) is 3.11. The molecule has 0 saturated heterocycles. The molecule has 0 unspecified atom stereocenters. The molecule has 0 spiro atoms. The Kier molecular flexibility index (Phi) is 5.09. The van der Waals surface area contributed by atoms with Gasteiger partial charge in [0.2, 0.25) is 0 Å². The highest BCUT2D eigenvalue weighted by atomic mass is 15.2. The van der Waals surface area contributed by atoms with E-state index in [-0.39, 0.29) is 0 Å². The van der Waals surface area contributed by atoms with E-state index >= 15 is 0 Å². The number of nitrogens with zero attached hydrogens (tertiary/aromatic N) is 4. The Balaban J connectivity index is 0.000000161. The van der Waals surface area contributed by atoms with Crippen molar-refractivity contribution in [2.24, 2.45) is 0 Å². The fraction of sp³-hybridized carbons (Fsp3) is 0.417. The van der Waals surface area contributed by atoms with E-state index in [0.29, 0.717) is 0 Å². The standard InChI is InChI=1S/2C12H16N2/c1-7-6-12-9(3)8(2)10(4)13-14(12)11(7)5;1-7-6-14-12(8(7)2)10(4)9(3)11(5)13-14/h2*6H,1-5H3. The Hall–Kier alpha value is -2.62. The quantitative estimate of drug-likeness (QED) is 0.391. The average Bonchev–Trinajstić information content (AvgIpc) is 3.08. The third-order valence-electron chi connectivity index (χ3n) is 6.42. The fourth-order valence-electron chi connectivity index (χ4n) is 3.72. The molecule has 0 amide bonds. The van der Waals surface area contributed by atoms with Crippen LogP contribution in [0.1, 0.15) is 56.0 Å². The number of fused-ring (bicyclic) bond motifs is 2. The van der Waals surface area contributed by atoms with E-state index < -0.39 is 0 Å². The summed E-state index contributed by atoms with van der Waals surface area (Å²) in [5.41, 5.74) is 15.2. The summed E-state index contributed by atoms with van der Waals surface area (Å²) in [4.78, 5) is 0. The molecule has 148 valence electrons. The summed E-state index contributed by atoms with van der Waals surface area (Å²) in [5, 5.41) is 9.11. The minimum atomic E-state index is 1.12. The Morgan fingerprint density at radius 2 is 1.18 bits per heavy atom. The molecule has 4 heteroatoms. The normalized spacial score (nSPS) is 11.2. The minimum absolute atomic E-state index is 1.12. The van der Waals surface area contributed by atoms with Gasteiger partial charge in [-0.25, -0.2) is 9.03 Å². The van der Waals surface area contributed by atoms with Crippen molar-refractivity contribution in [3.63, 3.8) is 0 Å². The van der Waals surface area contributed by atoms with E-state index in [1.165, 1.54) is 55.7 Å². The van der Waals surface area contributed by atoms with Crippen LogP contribution in [-0.4, -0.2) is 19.2 Å². The fourth-order valence-corrected chi connectivity index (χ4v) is 3.72. The summed E-state index contributed by atoms with van der Waals surface area (Å²) in [6.45, 7) is 21.3. The lowest BCUT2D eigenvalue weighted by Crippen LogP contribution is -2.01. The van der Waals surface area contributed by atoms with Gasteiger partial charge in [0.1, 0.15) is 0 Å². The lowest BCUT2D eigenvalue weighted by Gasteiger charge is -2.07. The third-order valence-corrected chi connectivity index (χ3v) is 6.42. The lowest BCUT2D eigenvalue weighted by molar-refractivity contribution is 0.852. The minimum Gasteiger partial charge on any atom is -0.240 e. The maximum Gasteiger partial charge on any atom is 0.0710 e. The van der Waals surface area contributed by atoms with Gasteiger partial charge in [-0.15, -0.1) is 0 Å². The molecule has 4 heterocycles. The van der Waals surface area contributed by atoms with Crippen molar-refractivity contribution in [2.75, 3.05) is 0 Å². The van der Waals surface area contributed by atoms with Gasteiger partial charge in [-0.05, 0) is 114 Å². The first-order valence-corrected chi connectivity index (χ1v) is 9.89. The second-order valence-electron chi connectivity index (χ2n) is 8.11. The lowest BCUT2D eigenvalue weighted by atomic mass is 10.1. The van der Waals surface area contributed by atoms with E-state index in [4.69, 9.17) is 0 Å². The van der Waals surface area contributed by atoms with Crippen LogP contribution in [0, 0.1) is 69.2 Å². The molecule has 4 rings (SSSR count). The van der Waals surface area contributed by atoms with E-state index in [9.17, 15) is 0 Å². The van der Waals surface area contributed by atoms with Crippen LogP contribution in [0.4, 0.5) is 0 Å². The zero-order valence-electron chi connectivity index (χ0n) is 18.9. The van der Waals surface area contributed by atoms with Gasteiger partial charge >= 0.3 is 0 Å². The van der Waals surface area contributed by atoms with Crippen LogP contribution in [0.3, 0.4) is 0 Å². The van der Waals surface area contributed by atoms with Gasteiger partial charge in [-0.3, -0.25) is 0 Å². The Labute approximate surface area is 168 Å². The first-order valence-electron chi connectivity index (χ1n) is 9.89. The molecule has 4 nitrogen and oxygen atoms in total. The molecule has 28 heavy (non-hydrogen) atoms. The molecule has 4 aromatic rings. The van der Waals surface area contributed by atoms with Crippen molar-refractivity contribution >= 4 is 11.0 Å². The first-order chi connectivity index (χ1) is 13.0. The number of hydrogen-bond acceptors (Lipinski definition) is 2. The van der Waals surface area contributed by atoms with Gasteiger partial charge in [0.05, 0.1) is 22.4 Å². The van der Waals surface area contributed by atoms with Gasteiger partial charge in [0, 0.05) is 11.9 Å². The summed E-state index contributed by atoms with van der Waals surface area (Å²) >= 11 is 0. The molecule has 4 aromatic heterocycles. The molecule has 0 radical (unpaired) electrons. The second kappa shape index (κ2) is 7.08. The van der Waals surface area contributed by atoms with Crippen LogP contribution in [-0.2, 0) is 0 Å². The average molecular weight is 377 g/mol. The van der Waals surface area contributed by atoms with Crippen molar-refractivity contribution in [3.8, 4) is 0 Å². The summed E-state index contributed by atoms with van der Waals surface area (Å²) in [6.07, 6.45) is 2.10. The molecule has 0 saturated carbocycles.